The minimum absolute atomic E-state index is 0.00903. The Morgan fingerprint density at radius 2 is 2.00 bits per heavy atom. The second kappa shape index (κ2) is 7.29. The number of hydrogen-bond donors (Lipinski definition) is 1. The summed E-state index contributed by atoms with van der Waals surface area (Å²) in [5.41, 5.74) is 1.12. The van der Waals surface area contributed by atoms with Crippen molar-refractivity contribution in [3.05, 3.63) is 24.3 Å². The van der Waals surface area contributed by atoms with Gasteiger partial charge in [0.2, 0.25) is 11.8 Å². The summed E-state index contributed by atoms with van der Waals surface area (Å²) in [4.78, 5) is 27.5. The van der Waals surface area contributed by atoms with Gasteiger partial charge in [-0.2, -0.15) is 0 Å². The zero-order valence-electron chi connectivity index (χ0n) is 15.9. The first-order chi connectivity index (χ1) is 13.0. The van der Waals surface area contributed by atoms with Gasteiger partial charge in [0, 0.05) is 19.1 Å². The second-order valence-corrected chi connectivity index (χ2v) is 8.17. The fourth-order valence-electron chi connectivity index (χ4n) is 4.33. The number of nitrogens with zero attached hydrogens (tertiary/aromatic N) is 4. The Labute approximate surface area is 159 Å². The van der Waals surface area contributed by atoms with Crippen molar-refractivity contribution < 1.29 is 9.59 Å². The lowest BCUT2D eigenvalue weighted by molar-refractivity contribution is -0.141. The molecule has 144 valence electrons. The predicted molar refractivity (Wildman–Crippen MR) is 102 cm³/mol. The van der Waals surface area contributed by atoms with Gasteiger partial charge in [-0.1, -0.05) is 30.2 Å². The smallest absolute Gasteiger partial charge is 0.244 e. The lowest BCUT2D eigenvalue weighted by Gasteiger charge is -2.39. The molecular formula is C20H27N5O2. The lowest BCUT2D eigenvalue weighted by Crippen LogP contribution is -2.53. The van der Waals surface area contributed by atoms with Gasteiger partial charge in [0.15, 0.2) is 0 Å². The highest BCUT2D eigenvalue weighted by Crippen LogP contribution is 2.31. The van der Waals surface area contributed by atoms with Gasteiger partial charge in [-0.05, 0) is 44.7 Å². The maximum atomic E-state index is 12.9. The zero-order valence-corrected chi connectivity index (χ0v) is 15.9. The molecule has 1 unspecified atom stereocenters. The van der Waals surface area contributed by atoms with Gasteiger partial charge in [0.25, 0.3) is 0 Å². The van der Waals surface area contributed by atoms with E-state index < -0.39 is 5.41 Å². The van der Waals surface area contributed by atoms with Crippen LogP contribution in [0.2, 0.25) is 0 Å². The van der Waals surface area contributed by atoms with E-state index in [0.29, 0.717) is 19.1 Å². The molecule has 7 nitrogen and oxygen atoms in total. The van der Waals surface area contributed by atoms with Crippen molar-refractivity contribution in [2.45, 2.75) is 58.0 Å². The van der Waals surface area contributed by atoms with Crippen LogP contribution in [0.25, 0.3) is 11.0 Å². The first-order valence-corrected chi connectivity index (χ1v) is 9.92. The van der Waals surface area contributed by atoms with Crippen LogP contribution in [0.15, 0.2) is 24.3 Å². The molecule has 2 aliphatic rings. The minimum Gasteiger partial charge on any atom is -0.353 e. The van der Waals surface area contributed by atoms with E-state index in [0.717, 1.165) is 36.7 Å². The van der Waals surface area contributed by atoms with E-state index in [-0.39, 0.29) is 18.4 Å². The van der Waals surface area contributed by atoms with Crippen molar-refractivity contribution in [2.75, 3.05) is 13.1 Å². The summed E-state index contributed by atoms with van der Waals surface area (Å²) >= 11 is 0. The van der Waals surface area contributed by atoms with E-state index in [9.17, 15) is 9.59 Å². The van der Waals surface area contributed by atoms with Gasteiger partial charge < -0.3 is 10.2 Å². The quantitative estimate of drug-likeness (QED) is 0.895. The molecule has 1 aliphatic heterocycles. The fourth-order valence-corrected chi connectivity index (χ4v) is 4.33. The molecule has 7 heteroatoms. The standard InChI is InChI=1S/C20H27N5O2/c1-20(19(27)21-15-7-2-3-8-15)11-6-12-24(14-20)18(26)13-25-17-10-5-4-9-16(17)22-23-25/h4-5,9-10,15H,2-3,6-8,11-14H2,1H3,(H,21,27). The van der Waals surface area contributed by atoms with Gasteiger partial charge in [-0.25, -0.2) is 4.68 Å². The zero-order chi connectivity index (χ0) is 18.9. The summed E-state index contributed by atoms with van der Waals surface area (Å²) in [6.45, 7) is 3.30. The molecule has 1 saturated heterocycles. The van der Waals surface area contributed by atoms with Gasteiger partial charge in [0.1, 0.15) is 12.1 Å². The summed E-state index contributed by atoms with van der Waals surface area (Å²) in [7, 11) is 0. The topological polar surface area (TPSA) is 80.1 Å². The van der Waals surface area contributed by atoms with E-state index >= 15 is 0 Å². The molecule has 0 bridgehead atoms. The van der Waals surface area contributed by atoms with Crippen LogP contribution in [0, 0.1) is 5.41 Å². The number of nitrogens with one attached hydrogen (secondary N) is 1. The molecule has 2 aromatic rings. The average molecular weight is 369 g/mol. The SMILES string of the molecule is CC1(C(=O)NC2CCCC2)CCCN(C(=O)Cn2nnc3ccccc32)C1. The largest absolute Gasteiger partial charge is 0.353 e. The van der Waals surface area contributed by atoms with Gasteiger partial charge in [0.05, 0.1) is 10.9 Å². The molecule has 1 atom stereocenters. The van der Waals surface area contributed by atoms with E-state index in [1.54, 1.807) is 4.68 Å². The van der Waals surface area contributed by atoms with Crippen LogP contribution in [0.4, 0.5) is 0 Å². The second-order valence-electron chi connectivity index (χ2n) is 8.17. The highest BCUT2D eigenvalue weighted by molar-refractivity contribution is 5.85. The molecule has 27 heavy (non-hydrogen) atoms. The Bertz CT molecular complexity index is 842. The first kappa shape index (κ1) is 17.9. The normalized spacial score (nSPS) is 23.7. The van der Waals surface area contributed by atoms with E-state index in [2.05, 4.69) is 15.6 Å². The molecule has 0 spiro atoms. The molecule has 1 aliphatic carbocycles. The van der Waals surface area contributed by atoms with Crippen molar-refractivity contribution in [2.24, 2.45) is 5.41 Å². The highest BCUT2D eigenvalue weighted by Gasteiger charge is 2.40. The highest BCUT2D eigenvalue weighted by atomic mass is 16.2. The summed E-state index contributed by atoms with van der Waals surface area (Å²) in [5.74, 6) is 0.0864. The van der Waals surface area contributed by atoms with Crippen molar-refractivity contribution in [1.29, 1.82) is 0 Å². The Balaban J connectivity index is 1.42. The molecule has 1 aromatic heterocycles. The molecule has 1 N–H and O–H groups in total. The van der Waals surface area contributed by atoms with Crippen LogP contribution in [0.1, 0.15) is 45.4 Å². The van der Waals surface area contributed by atoms with Gasteiger partial charge in [-0.15, -0.1) is 5.10 Å². The summed E-state index contributed by atoms with van der Waals surface area (Å²) in [6.07, 6.45) is 6.20. The molecule has 0 radical (unpaired) electrons. The average Bonchev–Trinajstić information content (AvgIpc) is 3.32. The molecule has 2 amide bonds. The molecule has 1 saturated carbocycles. The molecule has 2 heterocycles. The Morgan fingerprint density at radius 1 is 1.22 bits per heavy atom. The summed E-state index contributed by atoms with van der Waals surface area (Å²) in [6, 6.07) is 7.93. The third-order valence-electron chi connectivity index (χ3n) is 5.99. The van der Waals surface area contributed by atoms with E-state index in [1.165, 1.54) is 12.8 Å². The Hall–Kier alpha value is -2.44. The number of fused-ring (bicyclic) bond motifs is 1. The number of amides is 2. The number of piperidine rings is 1. The minimum atomic E-state index is -0.513. The first-order valence-electron chi connectivity index (χ1n) is 9.92. The van der Waals surface area contributed by atoms with Crippen molar-refractivity contribution >= 4 is 22.8 Å². The Morgan fingerprint density at radius 3 is 2.81 bits per heavy atom. The van der Waals surface area contributed by atoms with Gasteiger partial charge in [-0.3, -0.25) is 9.59 Å². The van der Waals surface area contributed by atoms with Crippen molar-refractivity contribution in [3.63, 3.8) is 0 Å². The van der Waals surface area contributed by atoms with Crippen LogP contribution >= 0.6 is 0 Å². The number of para-hydroxylation sites is 1. The number of hydrogen-bond acceptors (Lipinski definition) is 4. The van der Waals surface area contributed by atoms with Crippen LogP contribution in [0.3, 0.4) is 0 Å². The number of benzene rings is 1. The lowest BCUT2D eigenvalue weighted by atomic mass is 9.80. The third kappa shape index (κ3) is 3.68. The monoisotopic (exact) mass is 369 g/mol. The van der Waals surface area contributed by atoms with E-state index in [4.69, 9.17) is 0 Å². The van der Waals surface area contributed by atoms with Crippen LogP contribution in [0.5, 0.6) is 0 Å². The molecular weight excluding hydrogens is 342 g/mol. The molecule has 2 fully saturated rings. The number of carbonyl (C=O) groups is 2. The van der Waals surface area contributed by atoms with Crippen LogP contribution in [-0.2, 0) is 16.1 Å². The summed E-state index contributed by atoms with van der Waals surface area (Å²) in [5, 5.41) is 11.4. The maximum Gasteiger partial charge on any atom is 0.244 e. The van der Waals surface area contributed by atoms with Crippen molar-refractivity contribution in [3.8, 4) is 0 Å². The van der Waals surface area contributed by atoms with Crippen molar-refractivity contribution in [1.82, 2.24) is 25.2 Å². The maximum absolute atomic E-state index is 12.9. The Kier molecular flexibility index (Phi) is 4.85. The number of aromatic nitrogens is 3. The van der Waals surface area contributed by atoms with Gasteiger partial charge >= 0.3 is 0 Å². The molecule has 1 aromatic carbocycles. The predicted octanol–water partition coefficient (Wildman–Crippen LogP) is 2.12. The van der Waals surface area contributed by atoms with Crippen LogP contribution < -0.4 is 5.32 Å². The fraction of sp³-hybridized carbons (Fsp3) is 0.600. The number of rotatable bonds is 4. The molecule has 4 rings (SSSR count). The third-order valence-corrected chi connectivity index (χ3v) is 5.99. The number of likely N-dealkylation sites (tertiary alicyclic amines) is 1. The summed E-state index contributed by atoms with van der Waals surface area (Å²) < 4.78 is 1.64. The number of carbonyl (C=O) groups excluding carboxylic acids is 2. The van der Waals surface area contributed by atoms with E-state index in [1.807, 2.05) is 36.1 Å². The van der Waals surface area contributed by atoms with Crippen LogP contribution in [-0.4, -0.2) is 50.8 Å².